The predicted octanol–water partition coefficient (Wildman–Crippen LogP) is 2.26. The van der Waals surface area contributed by atoms with Crippen molar-refractivity contribution >= 4 is 5.78 Å². The highest BCUT2D eigenvalue weighted by molar-refractivity contribution is 6.01. The number of likely N-dealkylation sites (tertiary alicyclic amines) is 1. The number of aromatic nitrogens is 2. The summed E-state index contributed by atoms with van der Waals surface area (Å²) in [6.07, 6.45) is 5.86. The number of carbonyl (C=O) groups is 1. The van der Waals surface area contributed by atoms with Gasteiger partial charge < -0.3 is 0 Å². The van der Waals surface area contributed by atoms with Crippen molar-refractivity contribution in [2.45, 2.75) is 45.1 Å². The molecule has 4 heteroatoms. The van der Waals surface area contributed by atoms with Gasteiger partial charge in [-0.2, -0.15) is 5.10 Å². The molecule has 1 aromatic rings. The lowest BCUT2D eigenvalue weighted by Crippen LogP contribution is -2.53. The van der Waals surface area contributed by atoms with E-state index in [1.54, 1.807) is 10.9 Å². The molecule has 0 amide bonds. The zero-order chi connectivity index (χ0) is 13.2. The standard InChI is InChI=1S/C14H23N3O/c1-4-14(5-2,17-10-6-7-11-17)13(18)12-8-9-15-16(12)3/h8-9H,4-7,10-11H2,1-3H3. The van der Waals surface area contributed by atoms with Crippen molar-refractivity contribution in [2.75, 3.05) is 13.1 Å². The number of nitrogens with zero attached hydrogens (tertiary/aromatic N) is 3. The van der Waals surface area contributed by atoms with Gasteiger partial charge in [0.25, 0.3) is 0 Å². The first kappa shape index (κ1) is 13.3. The van der Waals surface area contributed by atoms with Crippen LogP contribution in [0.3, 0.4) is 0 Å². The molecule has 0 unspecified atom stereocenters. The quantitative estimate of drug-likeness (QED) is 0.751. The van der Waals surface area contributed by atoms with Crippen molar-refractivity contribution in [1.29, 1.82) is 0 Å². The summed E-state index contributed by atoms with van der Waals surface area (Å²) in [6.45, 7) is 6.34. The number of aryl methyl sites for hydroxylation is 1. The zero-order valence-corrected chi connectivity index (χ0v) is 11.6. The van der Waals surface area contributed by atoms with Gasteiger partial charge in [0.1, 0.15) is 5.69 Å². The second-order valence-corrected chi connectivity index (χ2v) is 5.10. The maximum atomic E-state index is 12.9. The van der Waals surface area contributed by atoms with Crippen LogP contribution in [0.15, 0.2) is 12.3 Å². The number of hydrogen-bond acceptors (Lipinski definition) is 3. The van der Waals surface area contributed by atoms with Crippen molar-refractivity contribution in [3.05, 3.63) is 18.0 Å². The van der Waals surface area contributed by atoms with Gasteiger partial charge in [0.05, 0.1) is 5.54 Å². The molecule has 2 rings (SSSR count). The van der Waals surface area contributed by atoms with E-state index < -0.39 is 0 Å². The smallest absolute Gasteiger partial charge is 0.200 e. The monoisotopic (exact) mass is 249 g/mol. The molecular weight excluding hydrogens is 226 g/mol. The van der Waals surface area contributed by atoms with Crippen molar-refractivity contribution in [2.24, 2.45) is 7.05 Å². The van der Waals surface area contributed by atoms with E-state index in [4.69, 9.17) is 0 Å². The molecule has 18 heavy (non-hydrogen) atoms. The van der Waals surface area contributed by atoms with Gasteiger partial charge in [0.2, 0.25) is 5.78 Å². The molecule has 0 saturated carbocycles. The highest BCUT2D eigenvalue weighted by Crippen LogP contribution is 2.31. The molecule has 0 aliphatic carbocycles. The Morgan fingerprint density at radius 3 is 2.39 bits per heavy atom. The van der Waals surface area contributed by atoms with E-state index in [2.05, 4.69) is 23.8 Å². The highest BCUT2D eigenvalue weighted by atomic mass is 16.1. The Morgan fingerprint density at radius 2 is 1.94 bits per heavy atom. The summed E-state index contributed by atoms with van der Waals surface area (Å²) in [5.41, 5.74) is 0.398. The number of rotatable bonds is 5. The van der Waals surface area contributed by atoms with Crippen LogP contribution >= 0.6 is 0 Å². The third-order valence-corrected chi connectivity index (χ3v) is 4.36. The van der Waals surface area contributed by atoms with Crippen molar-refractivity contribution < 1.29 is 4.79 Å². The third-order valence-electron chi connectivity index (χ3n) is 4.36. The van der Waals surface area contributed by atoms with Gasteiger partial charge in [-0.1, -0.05) is 13.8 Å². The Labute approximate surface area is 109 Å². The van der Waals surface area contributed by atoms with Crippen LogP contribution in [-0.4, -0.2) is 39.1 Å². The number of Topliss-reactive ketones (excluding diaryl/α,β-unsaturated/α-hetero) is 1. The van der Waals surface area contributed by atoms with E-state index in [-0.39, 0.29) is 11.3 Å². The van der Waals surface area contributed by atoms with Crippen LogP contribution in [0.1, 0.15) is 50.0 Å². The molecule has 0 N–H and O–H groups in total. The largest absolute Gasteiger partial charge is 0.291 e. The number of ketones is 1. The van der Waals surface area contributed by atoms with Crippen LogP contribution in [0.25, 0.3) is 0 Å². The normalized spacial score (nSPS) is 17.3. The summed E-state index contributed by atoms with van der Waals surface area (Å²) < 4.78 is 1.69. The molecule has 2 heterocycles. The van der Waals surface area contributed by atoms with Crippen molar-refractivity contribution in [3.8, 4) is 0 Å². The van der Waals surface area contributed by atoms with E-state index in [1.807, 2.05) is 13.1 Å². The lowest BCUT2D eigenvalue weighted by molar-refractivity contribution is 0.0571. The average molecular weight is 249 g/mol. The average Bonchev–Trinajstić information content (AvgIpc) is 3.02. The fourth-order valence-electron chi connectivity index (χ4n) is 3.14. The molecule has 1 aromatic heterocycles. The predicted molar refractivity (Wildman–Crippen MR) is 71.7 cm³/mol. The van der Waals surface area contributed by atoms with Gasteiger partial charge in [-0.25, -0.2) is 0 Å². The molecule has 4 nitrogen and oxygen atoms in total. The lowest BCUT2D eigenvalue weighted by Gasteiger charge is -2.39. The van der Waals surface area contributed by atoms with E-state index in [0.717, 1.165) is 31.6 Å². The van der Waals surface area contributed by atoms with E-state index in [1.165, 1.54) is 12.8 Å². The van der Waals surface area contributed by atoms with Crippen LogP contribution in [0, 0.1) is 0 Å². The second-order valence-electron chi connectivity index (χ2n) is 5.10. The molecule has 0 aromatic carbocycles. The lowest BCUT2D eigenvalue weighted by atomic mass is 9.84. The molecule has 0 bridgehead atoms. The van der Waals surface area contributed by atoms with E-state index >= 15 is 0 Å². The van der Waals surface area contributed by atoms with E-state index in [9.17, 15) is 4.79 Å². The molecule has 0 radical (unpaired) electrons. The van der Waals surface area contributed by atoms with Gasteiger partial charge in [-0.15, -0.1) is 0 Å². The first-order valence-corrected chi connectivity index (χ1v) is 6.93. The highest BCUT2D eigenvalue weighted by Gasteiger charge is 2.42. The summed E-state index contributed by atoms with van der Waals surface area (Å²) >= 11 is 0. The minimum atomic E-state index is -0.329. The zero-order valence-electron chi connectivity index (χ0n) is 11.6. The maximum absolute atomic E-state index is 12.9. The third kappa shape index (κ3) is 1.99. The molecule has 0 spiro atoms. The molecule has 1 aliphatic heterocycles. The Hall–Kier alpha value is -1.16. The molecule has 100 valence electrons. The summed E-state index contributed by atoms with van der Waals surface area (Å²) in [5, 5.41) is 4.12. The van der Waals surface area contributed by atoms with Crippen LogP contribution in [0.4, 0.5) is 0 Å². The van der Waals surface area contributed by atoms with Gasteiger partial charge in [-0.3, -0.25) is 14.4 Å². The summed E-state index contributed by atoms with van der Waals surface area (Å²) in [6, 6.07) is 1.83. The molecule has 1 fully saturated rings. The first-order chi connectivity index (χ1) is 8.65. The Balaban J connectivity index is 2.35. The van der Waals surface area contributed by atoms with Gasteiger partial charge in [0, 0.05) is 13.2 Å². The number of hydrogen-bond donors (Lipinski definition) is 0. The molecule has 0 atom stereocenters. The minimum absolute atomic E-state index is 0.231. The van der Waals surface area contributed by atoms with Crippen molar-refractivity contribution in [1.82, 2.24) is 14.7 Å². The topological polar surface area (TPSA) is 38.1 Å². The molecular formula is C14H23N3O. The van der Waals surface area contributed by atoms with Crippen molar-refractivity contribution in [3.63, 3.8) is 0 Å². The second kappa shape index (κ2) is 5.22. The number of carbonyl (C=O) groups excluding carboxylic acids is 1. The van der Waals surface area contributed by atoms with E-state index in [0.29, 0.717) is 0 Å². The van der Waals surface area contributed by atoms with Crippen LogP contribution in [-0.2, 0) is 7.05 Å². The van der Waals surface area contributed by atoms with Gasteiger partial charge >= 0.3 is 0 Å². The Morgan fingerprint density at radius 1 is 1.33 bits per heavy atom. The SMILES string of the molecule is CCC(CC)(C(=O)c1ccnn1C)N1CCCC1. The first-order valence-electron chi connectivity index (χ1n) is 6.93. The summed E-state index contributed by atoms with van der Waals surface area (Å²) in [7, 11) is 1.84. The van der Waals surface area contributed by atoms with Crippen LogP contribution in [0.5, 0.6) is 0 Å². The summed E-state index contributed by atoms with van der Waals surface area (Å²) in [5.74, 6) is 0.231. The van der Waals surface area contributed by atoms with Gasteiger partial charge in [-0.05, 0) is 44.8 Å². The van der Waals surface area contributed by atoms with Crippen LogP contribution in [0.2, 0.25) is 0 Å². The maximum Gasteiger partial charge on any atom is 0.200 e. The Bertz CT molecular complexity index is 414. The molecule has 1 saturated heterocycles. The fourth-order valence-corrected chi connectivity index (χ4v) is 3.14. The minimum Gasteiger partial charge on any atom is -0.291 e. The van der Waals surface area contributed by atoms with Gasteiger partial charge in [0.15, 0.2) is 0 Å². The Kier molecular flexibility index (Phi) is 3.85. The molecule has 1 aliphatic rings. The summed E-state index contributed by atoms with van der Waals surface area (Å²) in [4.78, 5) is 15.3. The van der Waals surface area contributed by atoms with Crippen LogP contribution < -0.4 is 0 Å². The fraction of sp³-hybridized carbons (Fsp3) is 0.714.